The van der Waals surface area contributed by atoms with Gasteiger partial charge in [-0.2, -0.15) is 0 Å². The zero-order chi connectivity index (χ0) is 14.8. The molecule has 1 heterocycles. The number of halogens is 1. The minimum Gasteiger partial charge on any atom is -0.314 e. The maximum absolute atomic E-state index is 12.7. The molecule has 1 aliphatic rings. The predicted octanol–water partition coefficient (Wildman–Crippen LogP) is 3.09. The smallest absolute Gasteiger partial charge is 0.244 e. The largest absolute Gasteiger partial charge is 0.314 e. The van der Waals surface area contributed by atoms with Crippen LogP contribution in [0.1, 0.15) is 16.7 Å². The molecule has 0 aliphatic carbocycles. The van der Waals surface area contributed by atoms with Gasteiger partial charge in [-0.15, -0.1) is 12.4 Å². The summed E-state index contributed by atoms with van der Waals surface area (Å²) >= 11 is 0. The van der Waals surface area contributed by atoms with E-state index < -0.39 is 0 Å². The quantitative estimate of drug-likeness (QED) is 0.923. The Balaban J connectivity index is 0.00000176. The van der Waals surface area contributed by atoms with E-state index in [1.54, 1.807) is 4.90 Å². The van der Waals surface area contributed by atoms with Gasteiger partial charge < -0.3 is 10.2 Å². The zero-order valence-corrected chi connectivity index (χ0v) is 13.7. The number of carbonyl (C=O) groups is 1. The first-order valence-electron chi connectivity index (χ1n) is 7.29. The Morgan fingerprint density at radius 1 is 1.14 bits per heavy atom. The van der Waals surface area contributed by atoms with E-state index in [4.69, 9.17) is 0 Å². The Kier molecular flexibility index (Phi) is 5.22. The van der Waals surface area contributed by atoms with Crippen molar-refractivity contribution in [1.29, 1.82) is 0 Å². The highest BCUT2D eigenvalue weighted by Gasteiger charge is 2.26. The monoisotopic (exact) mass is 316 g/mol. The van der Waals surface area contributed by atoms with Crippen LogP contribution in [0.5, 0.6) is 0 Å². The van der Waals surface area contributed by atoms with Gasteiger partial charge in [-0.1, -0.05) is 36.4 Å². The second-order valence-corrected chi connectivity index (χ2v) is 5.64. The van der Waals surface area contributed by atoms with E-state index in [1.165, 1.54) is 11.1 Å². The van der Waals surface area contributed by atoms with E-state index in [2.05, 4.69) is 17.4 Å². The maximum Gasteiger partial charge on any atom is 0.244 e. The van der Waals surface area contributed by atoms with Crippen LogP contribution in [0.2, 0.25) is 0 Å². The molecule has 0 saturated carbocycles. The minimum atomic E-state index is -0.148. The van der Waals surface area contributed by atoms with E-state index >= 15 is 0 Å². The van der Waals surface area contributed by atoms with Gasteiger partial charge in [0.15, 0.2) is 0 Å². The number of aryl methyl sites for hydroxylation is 1. The molecule has 0 saturated heterocycles. The second-order valence-electron chi connectivity index (χ2n) is 5.64. The highest BCUT2D eigenvalue weighted by molar-refractivity contribution is 5.97. The van der Waals surface area contributed by atoms with Gasteiger partial charge in [0.1, 0.15) is 0 Å². The molecular weight excluding hydrogens is 296 g/mol. The number of likely N-dealkylation sites (N-methyl/N-ethyl adjacent to an activating group) is 1. The molecule has 22 heavy (non-hydrogen) atoms. The Labute approximate surface area is 137 Å². The summed E-state index contributed by atoms with van der Waals surface area (Å²) in [4.78, 5) is 14.4. The molecule has 1 aliphatic heterocycles. The number of hydrogen-bond donors (Lipinski definition) is 1. The first-order valence-corrected chi connectivity index (χ1v) is 7.29. The van der Waals surface area contributed by atoms with Crippen LogP contribution >= 0.6 is 12.4 Å². The Morgan fingerprint density at radius 2 is 1.86 bits per heavy atom. The van der Waals surface area contributed by atoms with Crippen LogP contribution < -0.4 is 10.2 Å². The zero-order valence-electron chi connectivity index (χ0n) is 12.9. The lowest BCUT2D eigenvalue weighted by molar-refractivity contribution is -0.120. The Hall–Kier alpha value is -1.84. The van der Waals surface area contributed by atoms with Crippen LogP contribution in [0.3, 0.4) is 0 Å². The van der Waals surface area contributed by atoms with Crippen LogP contribution in [0, 0.1) is 6.92 Å². The maximum atomic E-state index is 12.7. The molecule has 0 fully saturated rings. The fourth-order valence-electron chi connectivity index (χ4n) is 2.83. The van der Waals surface area contributed by atoms with Crippen molar-refractivity contribution in [1.82, 2.24) is 5.32 Å². The first kappa shape index (κ1) is 16.5. The van der Waals surface area contributed by atoms with Gasteiger partial charge in [-0.05, 0) is 42.2 Å². The van der Waals surface area contributed by atoms with Crippen LogP contribution in [-0.4, -0.2) is 19.0 Å². The molecule has 1 atom stereocenters. The average Bonchev–Trinajstić information content (AvgIpc) is 2.53. The lowest BCUT2D eigenvalue weighted by Gasteiger charge is -2.29. The number of rotatable bonds is 2. The van der Waals surface area contributed by atoms with Gasteiger partial charge in [0, 0.05) is 19.3 Å². The van der Waals surface area contributed by atoms with Crippen LogP contribution in [0.15, 0.2) is 48.5 Å². The molecule has 2 aromatic rings. The first-order chi connectivity index (χ1) is 10.1. The van der Waals surface area contributed by atoms with Gasteiger partial charge in [0.25, 0.3) is 0 Å². The third-order valence-electron chi connectivity index (χ3n) is 4.10. The summed E-state index contributed by atoms with van der Waals surface area (Å²) in [5.41, 5.74) is 4.67. The molecule has 1 amide bonds. The summed E-state index contributed by atoms with van der Waals surface area (Å²) in [6.07, 6.45) is 0.755. The summed E-state index contributed by atoms with van der Waals surface area (Å²) in [5, 5.41) is 3.35. The van der Waals surface area contributed by atoms with E-state index in [0.29, 0.717) is 0 Å². The van der Waals surface area contributed by atoms with Crippen molar-refractivity contribution in [3.63, 3.8) is 0 Å². The molecule has 3 rings (SSSR count). The van der Waals surface area contributed by atoms with Crippen LogP contribution in [-0.2, 0) is 17.8 Å². The summed E-state index contributed by atoms with van der Waals surface area (Å²) in [7, 11) is 1.85. The standard InChI is InChI=1S/C18H20N2O.ClH/c1-13-6-5-9-16(10-13)20(2)18(21)17-11-14-7-3-4-8-15(14)12-19-17;/h3-10,17,19H,11-12H2,1-2H3;1H. The second kappa shape index (κ2) is 6.95. The Morgan fingerprint density at radius 3 is 2.59 bits per heavy atom. The molecule has 0 spiro atoms. The average molecular weight is 317 g/mol. The van der Waals surface area contributed by atoms with E-state index in [0.717, 1.165) is 24.2 Å². The lowest BCUT2D eigenvalue weighted by Crippen LogP contribution is -2.48. The molecule has 0 aromatic heterocycles. The third-order valence-corrected chi connectivity index (χ3v) is 4.10. The topological polar surface area (TPSA) is 32.3 Å². The van der Waals surface area contributed by atoms with Gasteiger partial charge >= 0.3 is 0 Å². The highest BCUT2D eigenvalue weighted by atomic mass is 35.5. The van der Waals surface area contributed by atoms with Gasteiger partial charge in [-0.25, -0.2) is 0 Å². The molecule has 1 N–H and O–H groups in total. The molecule has 0 bridgehead atoms. The number of amides is 1. The van der Waals surface area contributed by atoms with Gasteiger partial charge in [-0.3, -0.25) is 4.79 Å². The van der Waals surface area contributed by atoms with E-state index in [-0.39, 0.29) is 24.4 Å². The van der Waals surface area contributed by atoms with Crippen molar-refractivity contribution in [2.45, 2.75) is 25.9 Å². The fourth-order valence-corrected chi connectivity index (χ4v) is 2.83. The number of nitrogens with one attached hydrogen (secondary N) is 1. The molecule has 2 aromatic carbocycles. The van der Waals surface area contributed by atoms with E-state index in [1.807, 2.05) is 50.4 Å². The normalized spacial score (nSPS) is 16.4. The Bertz CT molecular complexity index is 672. The molecule has 1 unspecified atom stereocenters. The molecule has 3 nitrogen and oxygen atoms in total. The van der Waals surface area contributed by atoms with Crippen molar-refractivity contribution < 1.29 is 4.79 Å². The molecular formula is C18H21ClN2O. The van der Waals surface area contributed by atoms with Crippen LogP contribution in [0.25, 0.3) is 0 Å². The fraction of sp³-hybridized carbons (Fsp3) is 0.278. The number of benzene rings is 2. The SMILES string of the molecule is Cc1cccc(N(C)C(=O)C2Cc3ccccc3CN2)c1.Cl. The molecule has 0 radical (unpaired) electrons. The van der Waals surface area contributed by atoms with Crippen molar-refractivity contribution in [2.75, 3.05) is 11.9 Å². The van der Waals surface area contributed by atoms with Crippen molar-refractivity contribution in [3.8, 4) is 0 Å². The lowest BCUT2D eigenvalue weighted by atomic mass is 9.95. The van der Waals surface area contributed by atoms with Gasteiger partial charge in [0.2, 0.25) is 5.91 Å². The number of hydrogen-bond acceptors (Lipinski definition) is 2. The van der Waals surface area contributed by atoms with Crippen molar-refractivity contribution in [2.24, 2.45) is 0 Å². The summed E-state index contributed by atoms with van der Waals surface area (Å²) in [6.45, 7) is 2.80. The number of nitrogens with zero attached hydrogens (tertiary/aromatic N) is 1. The van der Waals surface area contributed by atoms with Crippen molar-refractivity contribution in [3.05, 3.63) is 65.2 Å². The summed E-state index contributed by atoms with van der Waals surface area (Å²) in [5.74, 6) is 0.120. The predicted molar refractivity (Wildman–Crippen MR) is 92.6 cm³/mol. The minimum absolute atomic E-state index is 0. The third kappa shape index (κ3) is 3.32. The highest BCUT2D eigenvalue weighted by Crippen LogP contribution is 2.20. The molecule has 4 heteroatoms. The number of fused-ring (bicyclic) bond motifs is 1. The summed E-state index contributed by atoms with van der Waals surface area (Å²) in [6, 6.07) is 16.2. The molecule has 116 valence electrons. The van der Waals surface area contributed by atoms with E-state index in [9.17, 15) is 4.79 Å². The van der Waals surface area contributed by atoms with Crippen molar-refractivity contribution >= 4 is 24.0 Å². The summed E-state index contributed by atoms with van der Waals surface area (Å²) < 4.78 is 0. The number of carbonyl (C=O) groups excluding carboxylic acids is 1. The number of anilines is 1. The van der Waals surface area contributed by atoms with Gasteiger partial charge in [0.05, 0.1) is 6.04 Å². The van der Waals surface area contributed by atoms with Crippen LogP contribution in [0.4, 0.5) is 5.69 Å².